The van der Waals surface area contributed by atoms with Crippen LogP contribution < -0.4 is 10.0 Å². The van der Waals surface area contributed by atoms with Gasteiger partial charge in [-0.2, -0.15) is 0 Å². The van der Waals surface area contributed by atoms with E-state index < -0.39 is 10.0 Å². The van der Waals surface area contributed by atoms with Crippen molar-refractivity contribution in [3.8, 4) is 0 Å². The quantitative estimate of drug-likeness (QED) is 0.823. The lowest BCUT2D eigenvalue weighted by atomic mass is 10.2. The molecule has 0 aliphatic heterocycles. The number of aryl methyl sites for hydroxylation is 3. The number of amides is 1. The second kappa shape index (κ2) is 7.16. The fourth-order valence-electron chi connectivity index (χ4n) is 2.01. The highest BCUT2D eigenvalue weighted by atomic mass is 32.2. The summed E-state index contributed by atoms with van der Waals surface area (Å²) in [5.41, 5.74) is 1.67. The van der Waals surface area contributed by atoms with E-state index >= 15 is 0 Å². The van der Waals surface area contributed by atoms with E-state index in [4.69, 9.17) is 0 Å². The van der Waals surface area contributed by atoms with Gasteiger partial charge in [0.05, 0.1) is 4.90 Å². The zero-order valence-electron chi connectivity index (χ0n) is 13.1. The minimum absolute atomic E-state index is 0.0132. The molecule has 9 heteroatoms. The average Bonchev–Trinajstić information content (AvgIpc) is 2.83. The predicted octanol–water partition coefficient (Wildman–Crippen LogP) is 1.77. The maximum absolute atomic E-state index is 12.2. The zero-order valence-corrected chi connectivity index (χ0v) is 14.7. The number of anilines is 1. The molecular formula is C14H18N4O3S2. The fourth-order valence-corrected chi connectivity index (χ4v) is 3.87. The Hall–Kier alpha value is -1.84. The number of carbonyl (C=O) groups is 1. The van der Waals surface area contributed by atoms with Crippen LogP contribution in [0.25, 0.3) is 0 Å². The van der Waals surface area contributed by atoms with Crippen molar-refractivity contribution in [2.75, 3.05) is 11.9 Å². The van der Waals surface area contributed by atoms with Gasteiger partial charge in [0.15, 0.2) is 0 Å². The van der Waals surface area contributed by atoms with Gasteiger partial charge >= 0.3 is 0 Å². The number of carbonyl (C=O) groups excluding carboxylic acids is 1. The maximum atomic E-state index is 12.2. The van der Waals surface area contributed by atoms with E-state index in [0.29, 0.717) is 10.7 Å². The Kier molecular flexibility index (Phi) is 5.45. The number of nitrogens with zero attached hydrogens (tertiary/aromatic N) is 2. The number of nitrogens with one attached hydrogen (secondary N) is 2. The summed E-state index contributed by atoms with van der Waals surface area (Å²) in [6.45, 7) is 5.44. The van der Waals surface area contributed by atoms with Crippen LogP contribution in [0.5, 0.6) is 0 Å². The number of benzene rings is 1. The lowest BCUT2D eigenvalue weighted by Gasteiger charge is -2.09. The highest BCUT2D eigenvalue weighted by molar-refractivity contribution is 7.89. The van der Waals surface area contributed by atoms with E-state index in [-0.39, 0.29) is 23.8 Å². The second-order valence-electron chi connectivity index (χ2n) is 5.09. The van der Waals surface area contributed by atoms with E-state index in [2.05, 4.69) is 20.2 Å². The van der Waals surface area contributed by atoms with Gasteiger partial charge < -0.3 is 5.32 Å². The molecule has 0 spiro atoms. The largest absolute Gasteiger partial charge is 0.300 e. The van der Waals surface area contributed by atoms with Gasteiger partial charge in [0.2, 0.25) is 21.1 Å². The molecule has 124 valence electrons. The van der Waals surface area contributed by atoms with E-state index in [9.17, 15) is 13.2 Å². The standard InChI is InChI=1S/C14H18N4O3S2/c1-9-4-5-12(10(2)8-9)23(20,21)15-7-6-13(19)16-14-18-17-11(3)22-14/h4-5,8,15H,6-7H2,1-3H3,(H,16,18,19). The fraction of sp³-hybridized carbons (Fsp3) is 0.357. The first-order valence-electron chi connectivity index (χ1n) is 6.95. The van der Waals surface area contributed by atoms with Gasteiger partial charge in [0, 0.05) is 13.0 Å². The molecule has 0 saturated heterocycles. The Morgan fingerprint density at radius 1 is 1.22 bits per heavy atom. The zero-order chi connectivity index (χ0) is 17.0. The first kappa shape index (κ1) is 17.5. The normalized spacial score (nSPS) is 11.4. The van der Waals surface area contributed by atoms with Crippen LogP contribution in [0.2, 0.25) is 0 Å². The summed E-state index contributed by atoms with van der Waals surface area (Å²) < 4.78 is 26.9. The van der Waals surface area contributed by atoms with Crippen LogP contribution in [0, 0.1) is 20.8 Å². The number of sulfonamides is 1. The highest BCUT2D eigenvalue weighted by Gasteiger charge is 2.17. The van der Waals surface area contributed by atoms with E-state index in [1.165, 1.54) is 11.3 Å². The van der Waals surface area contributed by atoms with E-state index in [0.717, 1.165) is 10.6 Å². The third kappa shape index (κ3) is 4.81. The third-order valence-corrected chi connectivity index (χ3v) is 5.41. The lowest BCUT2D eigenvalue weighted by Crippen LogP contribution is -2.28. The van der Waals surface area contributed by atoms with Gasteiger partial charge in [-0.3, -0.25) is 4.79 Å². The number of hydrogen-bond acceptors (Lipinski definition) is 6. The van der Waals surface area contributed by atoms with Crippen molar-refractivity contribution < 1.29 is 13.2 Å². The summed E-state index contributed by atoms with van der Waals surface area (Å²) in [6.07, 6.45) is 0.0166. The van der Waals surface area contributed by atoms with Gasteiger partial charge in [-0.05, 0) is 32.4 Å². The first-order valence-corrected chi connectivity index (χ1v) is 9.25. The summed E-state index contributed by atoms with van der Waals surface area (Å²) in [7, 11) is -3.63. The SMILES string of the molecule is Cc1ccc(S(=O)(=O)NCCC(=O)Nc2nnc(C)s2)c(C)c1. The van der Waals surface area contributed by atoms with Crippen LogP contribution >= 0.6 is 11.3 Å². The van der Waals surface area contributed by atoms with Crippen molar-refractivity contribution in [3.05, 3.63) is 34.3 Å². The second-order valence-corrected chi connectivity index (χ2v) is 8.01. The molecule has 7 nitrogen and oxygen atoms in total. The Morgan fingerprint density at radius 2 is 1.96 bits per heavy atom. The van der Waals surface area contributed by atoms with Gasteiger partial charge in [0.25, 0.3) is 0 Å². The van der Waals surface area contributed by atoms with Crippen molar-refractivity contribution in [3.63, 3.8) is 0 Å². The molecular weight excluding hydrogens is 336 g/mol. The highest BCUT2D eigenvalue weighted by Crippen LogP contribution is 2.16. The van der Waals surface area contributed by atoms with Crippen LogP contribution in [0.4, 0.5) is 5.13 Å². The van der Waals surface area contributed by atoms with Crippen LogP contribution in [-0.4, -0.2) is 31.1 Å². The summed E-state index contributed by atoms with van der Waals surface area (Å²) in [5, 5.41) is 11.3. The minimum Gasteiger partial charge on any atom is -0.300 e. The smallest absolute Gasteiger partial charge is 0.240 e. The van der Waals surface area contributed by atoms with E-state index in [1.54, 1.807) is 32.0 Å². The molecule has 0 aliphatic carbocycles. The Bertz CT molecular complexity index is 815. The molecule has 0 saturated carbocycles. The van der Waals surface area contributed by atoms with Crippen molar-refractivity contribution in [2.45, 2.75) is 32.1 Å². The molecule has 0 bridgehead atoms. The Balaban J connectivity index is 1.90. The summed E-state index contributed by atoms with van der Waals surface area (Å²) in [4.78, 5) is 12.0. The Labute approximate surface area is 139 Å². The molecule has 0 aliphatic rings. The molecule has 2 aromatic rings. The van der Waals surface area contributed by atoms with Crippen LogP contribution in [0.15, 0.2) is 23.1 Å². The minimum atomic E-state index is -3.63. The molecule has 0 unspecified atom stereocenters. The molecule has 0 atom stereocenters. The molecule has 1 aromatic heterocycles. The molecule has 2 N–H and O–H groups in total. The molecule has 1 aromatic carbocycles. The van der Waals surface area contributed by atoms with Gasteiger partial charge in [0.1, 0.15) is 5.01 Å². The molecule has 0 fully saturated rings. The first-order chi connectivity index (χ1) is 10.8. The van der Waals surface area contributed by atoms with Crippen molar-refractivity contribution in [1.82, 2.24) is 14.9 Å². The average molecular weight is 354 g/mol. The summed E-state index contributed by atoms with van der Waals surface area (Å²) >= 11 is 1.26. The number of hydrogen-bond donors (Lipinski definition) is 2. The summed E-state index contributed by atoms with van der Waals surface area (Å²) in [6, 6.07) is 5.11. The maximum Gasteiger partial charge on any atom is 0.240 e. The lowest BCUT2D eigenvalue weighted by molar-refractivity contribution is -0.116. The van der Waals surface area contributed by atoms with Crippen molar-refractivity contribution >= 4 is 32.4 Å². The summed E-state index contributed by atoms with van der Waals surface area (Å²) in [5.74, 6) is -0.315. The van der Waals surface area contributed by atoms with Gasteiger partial charge in [-0.1, -0.05) is 29.0 Å². The topological polar surface area (TPSA) is 101 Å². The monoisotopic (exact) mass is 354 g/mol. The van der Waals surface area contributed by atoms with Gasteiger partial charge in [-0.25, -0.2) is 13.1 Å². The van der Waals surface area contributed by atoms with Crippen LogP contribution in [0.1, 0.15) is 22.6 Å². The molecule has 2 rings (SSSR count). The van der Waals surface area contributed by atoms with Crippen molar-refractivity contribution in [2.24, 2.45) is 0 Å². The predicted molar refractivity (Wildman–Crippen MR) is 89.0 cm³/mol. The molecule has 1 amide bonds. The molecule has 23 heavy (non-hydrogen) atoms. The van der Waals surface area contributed by atoms with Crippen LogP contribution in [-0.2, 0) is 14.8 Å². The Morgan fingerprint density at radius 3 is 2.57 bits per heavy atom. The van der Waals surface area contributed by atoms with E-state index in [1.807, 2.05) is 6.92 Å². The van der Waals surface area contributed by atoms with Crippen LogP contribution in [0.3, 0.4) is 0 Å². The number of aromatic nitrogens is 2. The number of rotatable bonds is 6. The molecule has 0 radical (unpaired) electrons. The molecule has 1 heterocycles. The third-order valence-electron chi connectivity index (χ3n) is 3.04. The van der Waals surface area contributed by atoms with Gasteiger partial charge in [-0.15, -0.1) is 10.2 Å². The van der Waals surface area contributed by atoms with Crippen molar-refractivity contribution in [1.29, 1.82) is 0 Å².